The molecule has 29 heavy (non-hydrogen) atoms. The molecule has 0 bridgehead atoms. The fraction of sp³-hybridized carbons (Fsp3) is 0.381. The predicted molar refractivity (Wildman–Crippen MR) is 111 cm³/mol. The van der Waals surface area contributed by atoms with E-state index in [0.29, 0.717) is 53.1 Å². The van der Waals surface area contributed by atoms with E-state index in [4.69, 9.17) is 32.7 Å². The van der Waals surface area contributed by atoms with E-state index >= 15 is 0 Å². The molecule has 1 unspecified atom stereocenters. The molecule has 2 aliphatic heterocycles. The fourth-order valence-electron chi connectivity index (χ4n) is 3.94. The van der Waals surface area contributed by atoms with E-state index < -0.39 is 5.79 Å². The Balaban J connectivity index is 1.48. The Morgan fingerprint density at radius 2 is 2.00 bits per heavy atom. The van der Waals surface area contributed by atoms with Crippen molar-refractivity contribution in [3.63, 3.8) is 0 Å². The first kappa shape index (κ1) is 20.4. The Kier molecular flexibility index (Phi) is 5.73. The second-order valence-electron chi connectivity index (χ2n) is 7.27. The average Bonchev–Trinajstić information content (AvgIpc) is 2.73. The lowest BCUT2D eigenvalue weighted by Gasteiger charge is -2.49. The molecule has 1 amide bonds. The zero-order valence-corrected chi connectivity index (χ0v) is 17.5. The van der Waals surface area contributed by atoms with Crippen LogP contribution in [0.25, 0.3) is 0 Å². The van der Waals surface area contributed by atoms with Crippen molar-refractivity contribution in [2.75, 3.05) is 39.9 Å². The molecule has 2 aromatic rings. The minimum absolute atomic E-state index is 0.0140. The molecule has 2 aliphatic rings. The summed E-state index contributed by atoms with van der Waals surface area (Å²) in [4.78, 5) is 16.9. The maximum absolute atomic E-state index is 13.0. The molecule has 2 fully saturated rings. The number of ether oxygens (including phenoxy) is 2. The first-order valence-electron chi connectivity index (χ1n) is 9.40. The van der Waals surface area contributed by atoms with Gasteiger partial charge in [0.2, 0.25) is 5.79 Å². The van der Waals surface area contributed by atoms with Crippen LogP contribution in [-0.4, -0.2) is 66.8 Å². The van der Waals surface area contributed by atoms with Gasteiger partial charge in [0, 0.05) is 30.2 Å². The van der Waals surface area contributed by atoms with Crippen molar-refractivity contribution in [2.24, 2.45) is 0 Å². The molecule has 0 saturated carbocycles. The van der Waals surface area contributed by atoms with Crippen LogP contribution in [0.5, 0.6) is 5.75 Å². The second-order valence-corrected chi connectivity index (χ2v) is 8.06. The van der Waals surface area contributed by atoms with Crippen LogP contribution < -0.4 is 4.74 Å². The van der Waals surface area contributed by atoms with Crippen LogP contribution >= 0.6 is 23.2 Å². The number of amides is 1. The maximum atomic E-state index is 13.0. The number of piperazine rings is 1. The van der Waals surface area contributed by atoms with Crippen LogP contribution in [0.3, 0.4) is 0 Å². The van der Waals surface area contributed by atoms with Crippen molar-refractivity contribution in [3.8, 4) is 5.75 Å². The summed E-state index contributed by atoms with van der Waals surface area (Å²) in [6.07, 6.45) is 0. The van der Waals surface area contributed by atoms with E-state index in [2.05, 4.69) is 4.90 Å². The van der Waals surface area contributed by atoms with Gasteiger partial charge in [-0.1, -0.05) is 47.5 Å². The lowest BCUT2D eigenvalue weighted by molar-refractivity contribution is -0.265. The summed E-state index contributed by atoms with van der Waals surface area (Å²) in [5, 5.41) is 11.8. The third kappa shape index (κ3) is 3.83. The van der Waals surface area contributed by atoms with Crippen molar-refractivity contribution >= 4 is 29.1 Å². The van der Waals surface area contributed by atoms with Gasteiger partial charge in [-0.25, -0.2) is 0 Å². The molecule has 0 aliphatic carbocycles. The molecule has 0 spiro atoms. The van der Waals surface area contributed by atoms with E-state index in [1.54, 1.807) is 35.2 Å². The fourth-order valence-corrected chi connectivity index (χ4v) is 4.51. The highest BCUT2D eigenvalue weighted by Gasteiger charge is 2.44. The molecule has 8 heteroatoms. The van der Waals surface area contributed by atoms with Crippen LogP contribution in [-0.2, 0) is 10.5 Å². The molecule has 2 atom stereocenters. The molecule has 1 N–H and O–H groups in total. The number of rotatable bonds is 3. The molecule has 0 aromatic heterocycles. The quantitative estimate of drug-likeness (QED) is 0.800. The van der Waals surface area contributed by atoms with Crippen molar-refractivity contribution < 1.29 is 19.4 Å². The monoisotopic (exact) mass is 436 g/mol. The van der Waals surface area contributed by atoms with E-state index in [-0.39, 0.29) is 18.6 Å². The van der Waals surface area contributed by atoms with Crippen molar-refractivity contribution in [2.45, 2.75) is 11.8 Å². The third-order valence-corrected chi connectivity index (χ3v) is 6.25. The number of halogens is 2. The maximum Gasteiger partial charge on any atom is 0.255 e. The summed E-state index contributed by atoms with van der Waals surface area (Å²) in [7, 11) is 1.52. The van der Waals surface area contributed by atoms with Gasteiger partial charge in [0.25, 0.3) is 5.91 Å². The summed E-state index contributed by atoms with van der Waals surface area (Å²) >= 11 is 12.6. The number of carbonyl (C=O) groups excluding carboxylic acids is 1. The molecular formula is C21H22Cl2N2O4. The highest BCUT2D eigenvalue weighted by Crippen LogP contribution is 2.35. The Morgan fingerprint density at radius 1 is 1.21 bits per heavy atom. The van der Waals surface area contributed by atoms with Crippen molar-refractivity contribution in [1.29, 1.82) is 0 Å². The highest BCUT2D eigenvalue weighted by molar-refractivity contribution is 6.35. The second kappa shape index (κ2) is 8.13. The first-order valence-corrected chi connectivity index (χ1v) is 10.2. The van der Waals surface area contributed by atoms with Crippen molar-refractivity contribution in [3.05, 3.63) is 63.6 Å². The minimum atomic E-state index is -1.46. The molecule has 6 nitrogen and oxygen atoms in total. The number of morpholine rings is 1. The van der Waals surface area contributed by atoms with Gasteiger partial charge in [-0.3, -0.25) is 9.69 Å². The van der Waals surface area contributed by atoms with Gasteiger partial charge in [-0.15, -0.1) is 0 Å². The number of carbonyl (C=O) groups is 1. The van der Waals surface area contributed by atoms with Gasteiger partial charge in [0.1, 0.15) is 5.75 Å². The molecule has 154 valence electrons. The number of hydrogen-bond donors (Lipinski definition) is 1. The lowest BCUT2D eigenvalue weighted by atomic mass is 10.00. The Hall–Kier alpha value is -1.83. The van der Waals surface area contributed by atoms with E-state index in [9.17, 15) is 9.90 Å². The normalized spacial score (nSPS) is 24.8. The number of nitrogens with zero attached hydrogens (tertiary/aromatic N) is 2. The zero-order chi connectivity index (χ0) is 20.6. The van der Waals surface area contributed by atoms with E-state index in [1.807, 2.05) is 12.1 Å². The average molecular weight is 437 g/mol. The SMILES string of the molecule is COc1cccc(C(=O)N2CCN3CC(O)(c4ccccc4Cl)OC[C@@H]3C2)c1Cl. The Morgan fingerprint density at radius 3 is 2.76 bits per heavy atom. The predicted octanol–water partition coefficient (Wildman–Crippen LogP) is 3.00. The highest BCUT2D eigenvalue weighted by atomic mass is 35.5. The van der Waals surface area contributed by atoms with Gasteiger partial charge in [-0.05, 0) is 18.2 Å². The van der Waals surface area contributed by atoms with E-state index in [0.717, 1.165) is 0 Å². The van der Waals surface area contributed by atoms with Gasteiger partial charge < -0.3 is 19.5 Å². The van der Waals surface area contributed by atoms with Gasteiger partial charge in [0.15, 0.2) is 0 Å². The number of fused-ring (bicyclic) bond motifs is 1. The van der Waals surface area contributed by atoms with Crippen LogP contribution in [0, 0.1) is 0 Å². The number of methoxy groups -OCH3 is 1. The van der Waals surface area contributed by atoms with Crippen LogP contribution in [0.15, 0.2) is 42.5 Å². The van der Waals surface area contributed by atoms with Gasteiger partial charge >= 0.3 is 0 Å². The van der Waals surface area contributed by atoms with Crippen molar-refractivity contribution in [1.82, 2.24) is 9.80 Å². The molecule has 2 saturated heterocycles. The Labute approximate surface area is 179 Å². The minimum Gasteiger partial charge on any atom is -0.495 e. The number of benzene rings is 2. The smallest absolute Gasteiger partial charge is 0.255 e. The van der Waals surface area contributed by atoms with Crippen LogP contribution in [0.1, 0.15) is 15.9 Å². The summed E-state index contributed by atoms with van der Waals surface area (Å²) in [6.45, 7) is 2.22. The first-order chi connectivity index (χ1) is 13.9. The molecule has 2 aromatic carbocycles. The molecular weight excluding hydrogens is 415 g/mol. The topological polar surface area (TPSA) is 62.2 Å². The summed E-state index contributed by atoms with van der Waals surface area (Å²) in [6, 6.07) is 12.3. The number of hydrogen-bond acceptors (Lipinski definition) is 5. The van der Waals surface area contributed by atoms with Crippen LogP contribution in [0.4, 0.5) is 0 Å². The largest absolute Gasteiger partial charge is 0.495 e. The van der Waals surface area contributed by atoms with Gasteiger partial charge in [-0.2, -0.15) is 0 Å². The third-order valence-electron chi connectivity index (χ3n) is 5.53. The summed E-state index contributed by atoms with van der Waals surface area (Å²) in [5.41, 5.74) is 0.977. The molecule has 4 rings (SSSR count). The molecule has 0 radical (unpaired) electrons. The number of aliphatic hydroxyl groups is 1. The van der Waals surface area contributed by atoms with Crippen LogP contribution in [0.2, 0.25) is 10.0 Å². The van der Waals surface area contributed by atoms with E-state index in [1.165, 1.54) is 7.11 Å². The summed E-state index contributed by atoms with van der Waals surface area (Å²) < 4.78 is 11.1. The Bertz CT molecular complexity index is 925. The lowest BCUT2D eigenvalue weighted by Crippen LogP contribution is -2.63. The summed E-state index contributed by atoms with van der Waals surface area (Å²) in [5.74, 6) is -1.13. The standard InChI is InChI=1S/C21H22Cl2N2O4/c1-28-18-8-4-5-15(19(18)23)20(26)24-9-10-25-13-21(27,29-12-14(25)11-24)16-6-2-3-7-17(16)22/h2-8,14,27H,9-13H2,1H3/t14-,21?/m0/s1. The van der Waals surface area contributed by atoms with Gasteiger partial charge in [0.05, 0.1) is 36.9 Å². The zero-order valence-electron chi connectivity index (χ0n) is 16.0. The molecule has 2 heterocycles.